The average molecular weight is 253 g/mol. The van der Waals surface area contributed by atoms with Crippen LogP contribution in [-0.2, 0) is 0 Å². The Hall–Kier alpha value is -1.16. The molecule has 0 fully saturated rings. The van der Waals surface area contributed by atoms with E-state index < -0.39 is 0 Å². The highest BCUT2D eigenvalue weighted by atomic mass is 79.9. The van der Waals surface area contributed by atoms with Crippen LogP contribution in [0.4, 0.5) is 0 Å². The largest absolute Gasteiger partial charge is 0.294 e. The van der Waals surface area contributed by atoms with Gasteiger partial charge in [-0.1, -0.05) is 0 Å². The van der Waals surface area contributed by atoms with Gasteiger partial charge in [0, 0.05) is 13.1 Å². The zero-order chi connectivity index (χ0) is 10.3. The van der Waals surface area contributed by atoms with Gasteiger partial charge in [0.2, 0.25) is 0 Å². The van der Waals surface area contributed by atoms with E-state index in [1.54, 1.807) is 0 Å². The Morgan fingerprint density at radius 2 is 2.29 bits per heavy atom. The molecule has 0 atom stereocenters. The minimum atomic E-state index is -0.0294. The summed E-state index contributed by atoms with van der Waals surface area (Å²) in [5.74, 6) is -0.0294. The van der Waals surface area contributed by atoms with Crippen molar-refractivity contribution in [2.45, 2.75) is 13.8 Å². The second kappa shape index (κ2) is 3.20. The van der Waals surface area contributed by atoms with Gasteiger partial charge in [-0.25, -0.2) is 4.98 Å². The molecule has 2 aromatic rings. The first-order valence-corrected chi connectivity index (χ1v) is 5.04. The van der Waals surface area contributed by atoms with Gasteiger partial charge in [-0.2, -0.15) is 0 Å². The molecule has 0 aromatic carbocycles. The van der Waals surface area contributed by atoms with Gasteiger partial charge in [-0.05, 0) is 40.5 Å². The predicted molar refractivity (Wildman–Crippen MR) is 57.6 cm³/mol. The van der Waals surface area contributed by atoms with Crippen LogP contribution in [-0.4, -0.2) is 15.2 Å². The summed E-state index contributed by atoms with van der Waals surface area (Å²) in [6.45, 7) is 3.51. The fraction of sp³-hybridized carbons (Fsp3) is 0.200. The van der Waals surface area contributed by atoms with E-state index in [0.29, 0.717) is 5.69 Å². The zero-order valence-electron chi connectivity index (χ0n) is 7.91. The van der Waals surface area contributed by atoms with Crippen LogP contribution in [0.3, 0.4) is 0 Å². The Labute approximate surface area is 89.9 Å². The number of fused-ring (bicyclic) bond motifs is 1. The van der Waals surface area contributed by atoms with E-state index in [4.69, 9.17) is 0 Å². The number of Topliss-reactive ketones (excluding diaryl/α,β-unsaturated/α-hetero) is 1. The van der Waals surface area contributed by atoms with Crippen molar-refractivity contribution in [2.75, 3.05) is 0 Å². The molecule has 0 aliphatic rings. The number of pyridine rings is 1. The minimum Gasteiger partial charge on any atom is -0.294 e. The number of carbonyl (C=O) groups is 1. The number of aromatic nitrogens is 2. The van der Waals surface area contributed by atoms with Gasteiger partial charge in [0.1, 0.15) is 15.9 Å². The van der Waals surface area contributed by atoms with Gasteiger partial charge < -0.3 is 0 Å². The maximum atomic E-state index is 11.2. The summed E-state index contributed by atoms with van der Waals surface area (Å²) >= 11 is 3.36. The number of hydrogen-bond donors (Lipinski definition) is 0. The first kappa shape index (κ1) is 9.40. The third-order valence-corrected chi connectivity index (χ3v) is 2.81. The lowest BCUT2D eigenvalue weighted by Gasteiger charge is -1.95. The molecular formula is C10H9BrN2O. The van der Waals surface area contributed by atoms with Crippen molar-refractivity contribution in [1.82, 2.24) is 9.38 Å². The Balaban J connectivity index is 2.79. The summed E-state index contributed by atoms with van der Waals surface area (Å²) in [5.41, 5.74) is 2.41. The first-order valence-electron chi connectivity index (χ1n) is 4.25. The third kappa shape index (κ3) is 1.35. The van der Waals surface area contributed by atoms with Crippen molar-refractivity contribution < 1.29 is 4.79 Å². The molecule has 3 nitrogen and oxygen atoms in total. The van der Waals surface area contributed by atoms with Crippen LogP contribution in [0, 0.1) is 6.92 Å². The molecule has 2 rings (SSSR count). The maximum Gasteiger partial charge on any atom is 0.180 e. The van der Waals surface area contributed by atoms with E-state index in [-0.39, 0.29) is 5.78 Å². The summed E-state index contributed by atoms with van der Waals surface area (Å²) < 4.78 is 2.57. The lowest BCUT2D eigenvalue weighted by atomic mass is 10.3. The lowest BCUT2D eigenvalue weighted by molar-refractivity contribution is 0.101. The SMILES string of the molecule is CC(=O)c1nc2cc(C)ccn2c1Br. The predicted octanol–water partition coefficient (Wildman–Crippen LogP) is 2.61. The molecule has 0 amide bonds. The summed E-state index contributed by atoms with van der Waals surface area (Å²) in [7, 11) is 0. The number of aryl methyl sites for hydroxylation is 1. The summed E-state index contributed by atoms with van der Waals surface area (Å²) in [6, 6.07) is 3.92. The van der Waals surface area contributed by atoms with E-state index in [1.807, 2.05) is 29.7 Å². The summed E-state index contributed by atoms with van der Waals surface area (Å²) in [4.78, 5) is 15.5. The monoisotopic (exact) mass is 252 g/mol. The fourth-order valence-corrected chi connectivity index (χ4v) is 2.01. The highest BCUT2D eigenvalue weighted by Crippen LogP contribution is 2.19. The number of rotatable bonds is 1. The molecule has 2 heterocycles. The van der Waals surface area contributed by atoms with E-state index in [9.17, 15) is 4.79 Å². The molecule has 2 aromatic heterocycles. The number of hydrogen-bond acceptors (Lipinski definition) is 2. The highest BCUT2D eigenvalue weighted by molar-refractivity contribution is 9.10. The van der Waals surface area contributed by atoms with Crippen molar-refractivity contribution in [1.29, 1.82) is 0 Å². The molecule has 0 aliphatic carbocycles. The number of nitrogens with zero attached hydrogens (tertiary/aromatic N) is 2. The van der Waals surface area contributed by atoms with Crippen LogP contribution in [0.25, 0.3) is 5.65 Å². The molecule has 14 heavy (non-hydrogen) atoms. The summed E-state index contributed by atoms with van der Waals surface area (Å²) in [5, 5.41) is 0. The maximum absolute atomic E-state index is 11.2. The van der Waals surface area contributed by atoms with Crippen molar-refractivity contribution in [2.24, 2.45) is 0 Å². The van der Waals surface area contributed by atoms with Crippen LogP contribution in [0.5, 0.6) is 0 Å². The second-order valence-corrected chi connectivity index (χ2v) is 3.99. The Kier molecular flexibility index (Phi) is 2.15. The average Bonchev–Trinajstić information content (AvgIpc) is 2.43. The third-order valence-electron chi connectivity index (χ3n) is 2.06. The van der Waals surface area contributed by atoms with E-state index in [0.717, 1.165) is 15.8 Å². The molecule has 4 heteroatoms. The Morgan fingerprint density at radius 1 is 1.57 bits per heavy atom. The van der Waals surface area contributed by atoms with Gasteiger partial charge in [-0.15, -0.1) is 0 Å². The quantitative estimate of drug-likeness (QED) is 0.732. The van der Waals surface area contributed by atoms with Crippen LogP contribution in [0.1, 0.15) is 23.0 Å². The number of imidazole rings is 1. The van der Waals surface area contributed by atoms with Crippen molar-refractivity contribution in [3.8, 4) is 0 Å². The zero-order valence-corrected chi connectivity index (χ0v) is 9.50. The fourth-order valence-electron chi connectivity index (χ4n) is 1.34. The highest BCUT2D eigenvalue weighted by Gasteiger charge is 2.12. The Morgan fingerprint density at radius 3 is 2.93 bits per heavy atom. The topological polar surface area (TPSA) is 34.4 Å². The Bertz CT molecular complexity index is 516. The smallest absolute Gasteiger partial charge is 0.180 e. The number of carbonyl (C=O) groups excluding carboxylic acids is 1. The lowest BCUT2D eigenvalue weighted by Crippen LogP contribution is -1.92. The molecule has 72 valence electrons. The van der Waals surface area contributed by atoms with Crippen LogP contribution in [0.2, 0.25) is 0 Å². The van der Waals surface area contributed by atoms with Crippen LogP contribution in [0.15, 0.2) is 22.9 Å². The van der Waals surface area contributed by atoms with Gasteiger partial charge in [0.25, 0.3) is 0 Å². The molecule has 0 N–H and O–H groups in total. The molecule has 0 saturated heterocycles. The van der Waals surface area contributed by atoms with E-state index >= 15 is 0 Å². The van der Waals surface area contributed by atoms with Gasteiger partial charge >= 0.3 is 0 Å². The normalized spacial score (nSPS) is 10.8. The molecule has 0 aliphatic heterocycles. The van der Waals surface area contributed by atoms with E-state index in [2.05, 4.69) is 20.9 Å². The first-order chi connectivity index (χ1) is 6.59. The van der Waals surface area contributed by atoms with Crippen molar-refractivity contribution in [3.05, 3.63) is 34.2 Å². The van der Waals surface area contributed by atoms with Crippen molar-refractivity contribution >= 4 is 27.4 Å². The molecule has 0 radical (unpaired) electrons. The number of ketones is 1. The van der Waals surface area contributed by atoms with Gasteiger partial charge in [0.05, 0.1) is 0 Å². The molecule has 0 unspecified atom stereocenters. The molecule has 0 saturated carbocycles. The number of halogens is 1. The van der Waals surface area contributed by atoms with Crippen LogP contribution < -0.4 is 0 Å². The molecule has 0 bridgehead atoms. The van der Waals surface area contributed by atoms with Crippen LogP contribution >= 0.6 is 15.9 Å². The van der Waals surface area contributed by atoms with Crippen molar-refractivity contribution in [3.63, 3.8) is 0 Å². The molecular weight excluding hydrogens is 244 g/mol. The summed E-state index contributed by atoms with van der Waals surface area (Å²) in [6.07, 6.45) is 1.90. The second-order valence-electron chi connectivity index (χ2n) is 3.24. The van der Waals surface area contributed by atoms with Gasteiger partial charge in [-0.3, -0.25) is 9.20 Å². The van der Waals surface area contributed by atoms with E-state index in [1.165, 1.54) is 6.92 Å². The van der Waals surface area contributed by atoms with Gasteiger partial charge in [0.15, 0.2) is 5.78 Å². The standard InChI is InChI=1S/C10H9BrN2O/c1-6-3-4-13-8(5-6)12-9(7(2)14)10(13)11/h3-5H,1-2H3. The molecule has 0 spiro atoms. The minimum absolute atomic E-state index is 0.0294.